The summed E-state index contributed by atoms with van der Waals surface area (Å²) in [6.07, 6.45) is 3.92. The fourth-order valence-corrected chi connectivity index (χ4v) is 3.35. The molecule has 1 aliphatic carbocycles. The van der Waals surface area contributed by atoms with Crippen LogP contribution in [0.1, 0.15) is 31.5 Å². The second-order valence-corrected chi connectivity index (χ2v) is 7.10. The van der Waals surface area contributed by atoms with Gasteiger partial charge >= 0.3 is 6.61 Å². The molecule has 0 radical (unpaired) electrons. The van der Waals surface area contributed by atoms with E-state index in [1.54, 1.807) is 17.7 Å². The second-order valence-electron chi connectivity index (χ2n) is 6.29. The molecule has 0 spiro atoms. The summed E-state index contributed by atoms with van der Waals surface area (Å²) in [7, 11) is 0. The van der Waals surface area contributed by atoms with Gasteiger partial charge in [-0.2, -0.15) is 8.78 Å². The summed E-state index contributed by atoms with van der Waals surface area (Å²) in [6.45, 7) is 0.790. The van der Waals surface area contributed by atoms with Crippen molar-refractivity contribution in [1.29, 1.82) is 0 Å². The highest BCUT2D eigenvalue weighted by molar-refractivity contribution is 6.39. The molecule has 0 aliphatic heterocycles. The third-order valence-corrected chi connectivity index (χ3v) is 4.87. The van der Waals surface area contributed by atoms with Crippen LogP contribution in [-0.2, 0) is 0 Å². The van der Waals surface area contributed by atoms with E-state index in [2.05, 4.69) is 15.0 Å². The van der Waals surface area contributed by atoms with Crippen LogP contribution >= 0.6 is 23.2 Å². The number of alkyl halides is 2. The maximum Gasteiger partial charge on any atom is 0.387 e. The van der Waals surface area contributed by atoms with Crippen LogP contribution < -0.4 is 15.6 Å². The van der Waals surface area contributed by atoms with E-state index in [4.69, 9.17) is 23.2 Å². The molecule has 3 rings (SSSR count). The summed E-state index contributed by atoms with van der Waals surface area (Å²) >= 11 is 12.2. The Morgan fingerprint density at radius 2 is 1.92 bits per heavy atom. The molecule has 0 saturated heterocycles. The molecule has 0 bridgehead atoms. The fourth-order valence-electron chi connectivity index (χ4n) is 2.78. The SMILES string of the molecule is Cc1cn([C@H](C)C2CC2)c(=O)c(Nc2c(Cl)cc(OC(F)F)cc2Cl)n1. The molecule has 1 saturated carbocycles. The molecule has 9 heteroatoms. The molecule has 0 amide bonds. The number of hydrogen-bond donors (Lipinski definition) is 1. The molecule has 26 heavy (non-hydrogen) atoms. The van der Waals surface area contributed by atoms with Gasteiger partial charge in [0.05, 0.1) is 21.4 Å². The van der Waals surface area contributed by atoms with Gasteiger partial charge in [-0.15, -0.1) is 0 Å². The van der Waals surface area contributed by atoms with Crippen molar-refractivity contribution in [2.24, 2.45) is 5.92 Å². The van der Waals surface area contributed by atoms with Gasteiger partial charge in [0, 0.05) is 24.4 Å². The van der Waals surface area contributed by atoms with Crippen molar-refractivity contribution in [3.8, 4) is 5.75 Å². The fraction of sp³-hybridized carbons (Fsp3) is 0.412. The second kappa shape index (κ2) is 7.40. The summed E-state index contributed by atoms with van der Waals surface area (Å²) in [4.78, 5) is 17.0. The van der Waals surface area contributed by atoms with Gasteiger partial charge in [0.25, 0.3) is 5.56 Å². The van der Waals surface area contributed by atoms with E-state index in [0.717, 1.165) is 12.8 Å². The van der Waals surface area contributed by atoms with Gasteiger partial charge in [0.1, 0.15) is 5.75 Å². The van der Waals surface area contributed by atoms with E-state index in [1.807, 2.05) is 6.92 Å². The summed E-state index contributed by atoms with van der Waals surface area (Å²) in [5, 5.41) is 2.91. The monoisotopic (exact) mass is 403 g/mol. The van der Waals surface area contributed by atoms with Crippen molar-refractivity contribution in [3.05, 3.63) is 44.4 Å². The van der Waals surface area contributed by atoms with Crippen LogP contribution in [0.2, 0.25) is 10.0 Å². The van der Waals surface area contributed by atoms with Crippen LogP contribution in [0.15, 0.2) is 23.1 Å². The first-order valence-corrected chi connectivity index (χ1v) is 8.82. The van der Waals surface area contributed by atoms with Crippen LogP contribution in [0, 0.1) is 12.8 Å². The molecule has 1 aromatic carbocycles. The topological polar surface area (TPSA) is 56.2 Å². The van der Waals surface area contributed by atoms with Crippen LogP contribution in [0.25, 0.3) is 0 Å². The molecule has 0 unspecified atom stereocenters. The first-order valence-electron chi connectivity index (χ1n) is 8.07. The highest BCUT2D eigenvalue weighted by Gasteiger charge is 2.30. The number of ether oxygens (including phenoxy) is 1. The van der Waals surface area contributed by atoms with Gasteiger partial charge in [0.15, 0.2) is 5.82 Å². The minimum Gasteiger partial charge on any atom is -0.435 e. The molecule has 140 valence electrons. The normalized spacial score (nSPS) is 15.2. The zero-order valence-corrected chi connectivity index (χ0v) is 15.6. The lowest BCUT2D eigenvalue weighted by atomic mass is 10.2. The van der Waals surface area contributed by atoms with Gasteiger partial charge < -0.3 is 14.6 Å². The minimum atomic E-state index is -2.99. The summed E-state index contributed by atoms with van der Waals surface area (Å²) in [5.74, 6) is 0.390. The van der Waals surface area contributed by atoms with Crippen molar-refractivity contribution in [3.63, 3.8) is 0 Å². The standard InChI is InChI=1S/C17H17Cl2F2N3O2/c1-8-7-24(9(2)10-3-4-10)16(25)15(22-8)23-14-12(18)5-11(6-13(14)19)26-17(20)21/h5-7,9-10,17H,3-4H2,1-2H3,(H,22,23)/t9-/m1/s1. The number of nitrogens with one attached hydrogen (secondary N) is 1. The van der Waals surface area contributed by atoms with Crippen molar-refractivity contribution < 1.29 is 13.5 Å². The molecule has 1 aliphatic rings. The molecule has 2 aromatic rings. The lowest BCUT2D eigenvalue weighted by Gasteiger charge is -2.17. The maximum absolute atomic E-state index is 12.8. The number of nitrogens with zero attached hydrogens (tertiary/aromatic N) is 2. The third-order valence-electron chi connectivity index (χ3n) is 4.28. The van der Waals surface area contributed by atoms with E-state index < -0.39 is 6.61 Å². The number of hydrogen-bond acceptors (Lipinski definition) is 4. The van der Waals surface area contributed by atoms with Crippen LogP contribution in [0.4, 0.5) is 20.3 Å². The average molecular weight is 404 g/mol. The minimum absolute atomic E-state index is 0.0395. The van der Waals surface area contributed by atoms with Crippen molar-refractivity contribution >= 4 is 34.7 Å². The first-order chi connectivity index (χ1) is 12.3. The molecule has 1 heterocycles. The number of rotatable bonds is 6. The Hall–Kier alpha value is -1.86. The Balaban J connectivity index is 1.95. The molecule has 1 aromatic heterocycles. The Labute approximate surface area is 158 Å². The molecular formula is C17H17Cl2F2N3O2. The zero-order valence-electron chi connectivity index (χ0n) is 14.1. The third kappa shape index (κ3) is 4.10. The molecule has 5 nitrogen and oxygen atoms in total. The first kappa shape index (κ1) is 18.9. The van der Waals surface area contributed by atoms with Crippen molar-refractivity contribution in [2.75, 3.05) is 5.32 Å². The molecule has 1 atom stereocenters. The maximum atomic E-state index is 12.8. The van der Waals surface area contributed by atoms with Gasteiger partial charge in [-0.05, 0) is 32.6 Å². The summed E-state index contributed by atoms with van der Waals surface area (Å²) in [6, 6.07) is 2.46. The Bertz CT molecular complexity index is 862. The quantitative estimate of drug-likeness (QED) is 0.722. The average Bonchev–Trinajstić information content (AvgIpc) is 3.37. The number of benzene rings is 1. The van der Waals surface area contributed by atoms with Gasteiger partial charge in [-0.25, -0.2) is 4.98 Å². The highest BCUT2D eigenvalue weighted by Crippen LogP contribution is 2.39. The Morgan fingerprint density at radius 1 is 1.31 bits per heavy atom. The van der Waals surface area contributed by atoms with Crippen LogP contribution in [0.5, 0.6) is 5.75 Å². The van der Waals surface area contributed by atoms with Crippen LogP contribution in [-0.4, -0.2) is 16.2 Å². The van der Waals surface area contributed by atoms with E-state index in [9.17, 15) is 13.6 Å². The number of aryl methyl sites for hydroxylation is 1. The predicted octanol–water partition coefficient (Wildman–Crippen LogP) is 5.17. The zero-order chi connectivity index (χ0) is 19.0. The predicted molar refractivity (Wildman–Crippen MR) is 97.0 cm³/mol. The Kier molecular flexibility index (Phi) is 5.39. The smallest absolute Gasteiger partial charge is 0.387 e. The largest absolute Gasteiger partial charge is 0.435 e. The van der Waals surface area contributed by atoms with E-state index >= 15 is 0 Å². The number of aromatic nitrogens is 2. The van der Waals surface area contributed by atoms with Gasteiger partial charge in [-0.3, -0.25) is 4.79 Å². The number of anilines is 2. The molecule has 1 fully saturated rings. The summed E-state index contributed by atoms with van der Waals surface area (Å²) in [5.41, 5.74) is 0.565. The van der Waals surface area contributed by atoms with E-state index in [0.29, 0.717) is 11.6 Å². The highest BCUT2D eigenvalue weighted by atomic mass is 35.5. The van der Waals surface area contributed by atoms with Crippen molar-refractivity contribution in [2.45, 2.75) is 39.3 Å². The van der Waals surface area contributed by atoms with E-state index in [-0.39, 0.29) is 38.9 Å². The van der Waals surface area contributed by atoms with Crippen molar-refractivity contribution in [1.82, 2.24) is 9.55 Å². The van der Waals surface area contributed by atoms with E-state index in [1.165, 1.54) is 12.1 Å². The lowest BCUT2D eigenvalue weighted by molar-refractivity contribution is -0.0498. The number of halogens is 4. The van der Waals surface area contributed by atoms with Crippen LogP contribution in [0.3, 0.4) is 0 Å². The summed E-state index contributed by atoms with van der Waals surface area (Å²) < 4.78 is 30.6. The van der Waals surface area contributed by atoms with Gasteiger partial charge in [0.2, 0.25) is 0 Å². The Morgan fingerprint density at radius 3 is 2.46 bits per heavy atom. The lowest BCUT2D eigenvalue weighted by Crippen LogP contribution is -2.27. The molecule has 1 N–H and O–H groups in total. The van der Waals surface area contributed by atoms with Gasteiger partial charge in [-0.1, -0.05) is 23.2 Å². The molecular weight excluding hydrogens is 387 g/mol.